The molecule has 0 saturated carbocycles. The van der Waals surface area contributed by atoms with Gasteiger partial charge in [0.25, 0.3) is 0 Å². The van der Waals surface area contributed by atoms with E-state index < -0.39 is 11.9 Å². The molecule has 0 aliphatic heterocycles. The first-order valence-corrected chi connectivity index (χ1v) is 11.5. The summed E-state index contributed by atoms with van der Waals surface area (Å²) in [4.78, 5) is 37.3. The molecule has 0 aliphatic carbocycles. The molecule has 0 spiro atoms. The summed E-state index contributed by atoms with van der Waals surface area (Å²) >= 11 is 0. The van der Waals surface area contributed by atoms with Crippen LogP contribution in [0, 0.1) is 0 Å². The van der Waals surface area contributed by atoms with E-state index in [0.717, 1.165) is 5.56 Å². The van der Waals surface area contributed by atoms with Crippen LogP contribution in [0.2, 0.25) is 0 Å². The van der Waals surface area contributed by atoms with Gasteiger partial charge < -0.3 is 14.6 Å². The molecular weight excluding hydrogens is 468 g/mol. The summed E-state index contributed by atoms with van der Waals surface area (Å²) in [5.41, 5.74) is 2.08. The number of carbonyl (C=O) groups excluding carboxylic acids is 2. The zero-order valence-electron chi connectivity index (χ0n) is 20.1. The molecule has 0 heterocycles. The van der Waals surface area contributed by atoms with Crippen molar-refractivity contribution >= 4 is 23.8 Å². The minimum atomic E-state index is -1.26. The van der Waals surface area contributed by atoms with Crippen molar-refractivity contribution in [3.05, 3.63) is 137 Å². The second-order valence-electron chi connectivity index (χ2n) is 8.20. The second kappa shape index (κ2) is 11.6. The zero-order valence-corrected chi connectivity index (χ0v) is 20.1. The fraction of sp³-hybridized carbons (Fsp3) is 0.0645. The number of ether oxygens (including phenoxy) is 2. The highest BCUT2D eigenvalue weighted by molar-refractivity contribution is 6.12. The summed E-state index contributed by atoms with van der Waals surface area (Å²) in [6.45, 7) is 0. The van der Waals surface area contributed by atoms with E-state index in [-0.39, 0.29) is 16.9 Å². The van der Waals surface area contributed by atoms with Crippen molar-refractivity contribution in [2.75, 3.05) is 7.11 Å². The minimum absolute atomic E-state index is 0.0582. The quantitative estimate of drug-likeness (QED) is 0.164. The van der Waals surface area contributed by atoms with E-state index in [1.807, 2.05) is 60.7 Å². The third kappa shape index (κ3) is 6.38. The number of carbonyl (C=O) groups is 3. The van der Waals surface area contributed by atoms with E-state index >= 15 is 0 Å². The molecule has 184 valence electrons. The summed E-state index contributed by atoms with van der Waals surface area (Å²) in [5, 5.41) is 9.62. The normalized spacial score (nSPS) is 11.0. The summed E-state index contributed by atoms with van der Waals surface area (Å²) < 4.78 is 10.5. The second-order valence-corrected chi connectivity index (χ2v) is 8.20. The van der Waals surface area contributed by atoms with E-state index in [2.05, 4.69) is 4.74 Å². The van der Waals surface area contributed by atoms with Gasteiger partial charge in [-0.1, -0.05) is 54.6 Å². The van der Waals surface area contributed by atoms with Crippen molar-refractivity contribution in [3.63, 3.8) is 0 Å². The molecule has 4 rings (SSSR count). The van der Waals surface area contributed by atoms with E-state index in [1.54, 1.807) is 36.4 Å². The van der Waals surface area contributed by atoms with E-state index in [1.165, 1.54) is 19.2 Å². The van der Waals surface area contributed by atoms with E-state index in [4.69, 9.17) is 4.74 Å². The van der Waals surface area contributed by atoms with Crippen LogP contribution in [0.4, 0.5) is 0 Å². The number of aromatic carboxylic acids is 1. The molecule has 0 unspecified atom stereocenters. The fourth-order valence-corrected chi connectivity index (χ4v) is 3.81. The van der Waals surface area contributed by atoms with Crippen molar-refractivity contribution in [2.24, 2.45) is 0 Å². The SMILES string of the molecule is COC(=O)c1ccc(C=C(Cc2ccccc2)C(=O)c2ccc(Oc3ccccc3)cc2)cc1C(=O)O. The largest absolute Gasteiger partial charge is 0.478 e. The van der Waals surface area contributed by atoms with Crippen LogP contribution in [0.3, 0.4) is 0 Å². The maximum atomic E-state index is 13.6. The molecule has 0 radical (unpaired) electrons. The highest BCUT2D eigenvalue weighted by Gasteiger charge is 2.19. The standard InChI is InChI=1S/C31H24O6/c1-36-31(35)27-17-12-22(20-28(27)30(33)34)19-24(18-21-8-4-2-5-9-21)29(32)23-13-15-26(16-14-23)37-25-10-6-3-7-11-25/h2-17,19-20H,18H2,1H3,(H,33,34). The number of rotatable bonds is 9. The Morgan fingerprint density at radius 3 is 2.00 bits per heavy atom. The molecule has 37 heavy (non-hydrogen) atoms. The van der Waals surface area contributed by atoms with Gasteiger partial charge in [0.1, 0.15) is 11.5 Å². The van der Waals surface area contributed by atoms with Gasteiger partial charge in [0.15, 0.2) is 5.78 Å². The molecule has 6 heteroatoms. The summed E-state index contributed by atoms with van der Waals surface area (Å²) in [7, 11) is 1.19. The molecule has 0 bridgehead atoms. The van der Waals surface area contributed by atoms with Crippen molar-refractivity contribution in [1.82, 2.24) is 0 Å². The van der Waals surface area contributed by atoms with Gasteiger partial charge in [0.2, 0.25) is 0 Å². The topological polar surface area (TPSA) is 89.9 Å². The lowest BCUT2D eigenvalue weighted by Gasteiger charge is -2.11. The highest BCUT2D eigenvalue weighted by atomic mass is 16.5. The molecule has 0 aliphatic rings. The fourth-order valence-electron chi connectivity index (χ4n) is 3.81. The van der Waals surface area contributed by atoms with Gasteiger partial charge in [0.05, 0.1) is 18.2 Å². The predicted octanol–water partition coefficient (Wildman–Crippen LogP) is 6.47. The summed E-state index contributed by atoms with van der Waals surface area (Å²) in [5.74, 6) is -0.923. The van der Waals surface area contributed by atoms with Gasteiger partial charge in [-0.15, -0.1) is 0 Å². The Labute approximate surface area is 214 Å². The number of para-hydroxylation sites is 1. The van der Waals surface area contributed by atoms with Crippen molar-refractivity contribution < 1.29 is 29.0 Å². The number of benzene rings is 4. The van der Waals surface area contributed by atoms with Gasteiger partial charge in [-0.25, -0.2) is 9.59 Å². The lowest BCUT2D eigenvalue weighted by Crippen LogP contribution is -2.10. The number of ketones is 1. The Morgan fingerprint density at radius 1 is 0.757 bits per heavy atom. The Kier molecular flexibility index (Phi) is 7.91. The molecule has 6 nitrogen and oxygen atoms in total. The van der Waals surface area contributed by atoms with Crippen LogP contribution in [-0.4, -0.2) is 29.9 Å². The third-order valence-corrected chi connectivity index (χ3v) is 5.64. The first-order valence-electron chi connectivity index (χ1n) is 11.5. The maximum Gasteiger partial charge on any atom is 0.338 e. The number of hydrogen-bond acceptors (Lipinski definition) is 5. The zero-order chi connectivity index (χ0) is 26.2. The van der Waals surface area contributed by atoms with Crippen molar-refractivity contribution in [3.8, 4) is 11.5 Å². The molecule has 0 atom stereocenters. The van der Waals surface area contributed by atoms with E-state index in [0.29, 0.717) is 34.6 Å². The number of Topliss-reactive ketones (excluding diaryl/α,β-unsaturated/α-hetero) is 1. The van der Waals surface area contributed by atoms with Crippen LogP contribution in [0.15, 0.2) is 109 Å². The van der Waals surface area contributed by atoms with E-state index in [9.17, 15) is 19.5 Å². The Balaban J connectivity index is 1.67. The van der Waals surface area contributed by atoms with Gasteiger partial charge in [-0.05, 0) is 65.7 Å². The molecular formula is C31H24O6. The van der Waals surface area contributed by atoms with Gasteiger partial charge in [-0.2, -0.15) is 0 Å². The molecule has 0 aromatic heterocycles. The smallest absolute Gasteiger partial charge is 0.338 e. The predicted molar refractivity (Wildman–Crippen MR) is 140 cm³/mol. The van der Waals surface area contributed by atoms with Crippen LogP contribution < -0.4 is 4.74 Å². The molecule has 4 aromatic carbocycles. The minimum Gasteiger partial charge on any atom is -0.478 e. The van der Waals surface area contributed by atoms with Crippen LogP contribution in [-0.2, 0) is 11.2 Å². The molecule has 0 amide bonds. The summed E-state index contributed by atoms with van der Waals surface area (Å²) in [6, 6.07) is 30.0. The number of methoxy groups -OCH3 is 1. The molecule has 0 saturated heterocycles. The highest BCUT2D eigenvalue weighted by Crippen LogP contribution is 2.24. The lowest BCUT2D eigenvalue weighted by atomic mass is 9.94. The first-order chi connectivity index (χ1) is 17.9. The molecule has 0 fully saturated rings. The number of esters is 1. The Morgan fingerprint density at radius 2 is 1.38 bits per heavy atom. The van der Waals surface area contributed by atoms with Gasteiger partial charge in [0, 0.05) is 17.6 Å². The van der Waals surface area contributed by atoms with Crippen molar-refractivity contribution in [1.29, 1.82) is 0 Å². The first kappa shape index (κ1) is 25.1. The number of allylic oxidation sites excluding steroid dienone is 1. The van der Waals surface area contributed by atoms with Crippen LogP contribution in [0.25, 0.3) is 6.08 Å². The monoisotopic (exact) mass is 492 g/mol. The van der Waals surface area contributed by atoms with Gasteiger partial charge >= 0.3 is 11.9 Å². The lowest BCUT2D eigenvalue weighted by molar-refractivity contribution is 0.0582. The number of carboxylic acids is 1. The average Bonchev–Trinajstić information content (AvgIpc) is 2.93. The van der Waals surface area contributed by atoms with Crippen LogP contribution in [0.1, 0.15) is 42.2 Å². The van der Waals surface area contributed by atoms with Crippen molar-refractivity contribution in [2.45, 2.75) is 6.42 Å². The average molecular weight is 493 g/mol. The Bertz CT molecular complexity index is 1440. The molecule has 4 aromatic rings. The van der Waals surface area contributed by atoms with Gasteiger partial charge in [-0.3, -0.25) is 4.79 Å². The third-order valence-electron chi connectivity index (χ3n) is 5.64. The number of hydrogen-bond donors (Lipinski definition) is 1. The Hall–Kier alpha value is -4.97. The van der Waals surface area contributed by atoms with Crippen LogP contribution >= 0.6 is 0 Å². The summed E-state index contributed by atoms with van der Waals surface area (Å²) in [6.07, 6.45) is 1.99. The number of carboxylic acid groups (broad SMARTS) is 1. The maximum absolute atomic E-state index is 13.6. The van der Waals surface area contributed by atoms with Crippen LogP contribution in [0.5, 0.6) is 11.5 Å². The molecule has 1 N–H and O–H groups in total.